The summed E-state index contributed by atoms with van der Waals surface area (Å²) in [4.78, 5) is 15.0. The highest BCUT2D eigenvalue weighted by atomic mass is 16.8. The molecule has 0 bridgehead atoms. The monoisotopic (exact) mass is 1040 g/mol. The van der Waals surface area contributed by atoms with Crippen LogP contribution in [0.1, 0.15) is 106 Å². The van der Waals surface area contributed by atoms with Crippen LogP contribution in [0.15, 0.2) is 23.8 Å². The molecule has 4 saturated carbocycles. The van der Waals surface area contributed by atoms with Gasteiger partial charge in [0.2, 0.25) is 6.29 Å². The number of hydrogen-bond acceptors (Lipinski definition) is 21. The van der Waals surface area contributed by atoms with Crippen molar-refractivity contribution in [3.63, 3.8) is 0 Å². The van der Waals surface area contributed by atoms with Gasteiger partial charge in [0.1, 0.15) is 85.5 Å². The predicted octanol–water partition coefficient (Wildman–Crippen LogP) is -0.839. The van der Waals surface area contributed by atoms with E-state index < -0.39 is 148 Å². The molecule has 9 rings (SSSR count). The first-order valence-electron chi connectivity index (χ1n) is 26.4. The molecule has 4 aliphatic heterocycles. The summed E-state index contributed by atoms with van der Waals surface area (Å²) >= 11 is 0. The largest absolute Gasteiger partial charge is 0.432 e. The third-order valence-corrected chi connectivity index (χ3v) is 20.4. The fourth-order valence-electron chi connectivity index (χ4n) is 15.7. The minimum atomic E-state index is -1.87. The molecule has 0 aromatic heterocycles. The Hall–Kier alpha value is -1.81. The minimum absolute atomic E-state index is 0.0868. The summed E-state index contributed by atoms with van der Waals surface area (Å²) in [6.45, 7) is 15.7. The van der Waals surface area contributed by atoms with Gasteiger partial charge in [-0.1, -0.05) is 58.4 Å². The van der Waals surface area contributed by atoms with E-state index in [1.54, 1.807) is 0 Å². The number of hydrogen-bond donors (Lipinski definition) is 12. The number of ether oxygens (including phenoxy) is 8. The third kappa shape index (κ3) is 9.02. The van der Waals surface area contributed by atoms with Gasteiger partial charge >= 0.3 is 5.97 Å². The van der Waals surface area contributed by atoms with Gasteiger partial charge in [-0.2, -0.15) is 0 Å². The van der Waals surface area contributed by atoms with Gasteiger partial charge in [0, 0.05) is 5.92 Å². The molecule has 73 heavy (non-hydrogen) atoms. The zero-order chi connectivity index (χ0) is 53.1. The molecule has 0 amide bonds. The average Bonchev–Trinajstić information content (AvgIpc) is 3.62. The number of aliphatic hydroxyl groups is 12. The van der Waals surface area contributed by atoms with Crippen LogP contribution in [0.4, 0.5) is 0 Å². The Morgan fingerprint density at radius 1 is 0.644 bits per heavy atom. The van der Waals surface area contributed by atoms with E-state index in [0.717, 1.165) is 37.7 Å². The molecule has 0 aromatic carbocycles. The van der Waals surface area contributed by atoms with Crippen molar-refractivity contribution < 1.29 is 104 Å². The van der Waals surface area contributed by atoms with Crippen LogP contribution < -0.4 is 0 Å². The molecule has 4 saturated heterocycles. The summed E-state index contributed by atoms with van der Waals surface area (Å²) < 4.78 is 47.0. The Bertz CT molecular complexity index is 2040. The molecule has 8 fully saturated rings. The standard InChI is InChI=1S/C52H82O21/c1-22-10-15-52(47(65)73-46-40(63)36(59)34(57)28(70-46)21-66-43-41(64)37(60)42(27(20-54)69-43)72-44-39(62)35(58)32(55)23(2)67-44)17-16-50(6)24(25(52)18-22)8-9-30-49(5)13-12-31(48(3,4)29(49)11-14-51(30,50)7)71-45-38(61)33(56)26(19-53)68-45/h8,23,25-46,53-64H,1,9-21H2,2-7H3/t23-,25+,26-,27-,28-,29+,30+,31+,32-,33-,34-,35+,36+,37-,38+,39+,40-,41-,42-,43-,44-,45-,46+,49+,50+,51+,52-/m0/s1. The number of carbonyl (C=O) groups is 1. The Morgan fingerprint density at radius 3 is 1.93 bits per heavy atom. The van der Waals surface area contributed by atoms with Gasteiger partial charge in [0.25, 0.3) is 0 Å². The smallest absolute Gasteiger partial charge is 0.315 e. The number of fused-ring (bicyclic) bond motifs is 7. The van der Waals surface area contributed by atoms with Gasteiger partial charge in [0.15, 0.2) is 18.9 Å². The third-order valence-electron chi connectivity index (χ3n) is 20.4. The van der Waals surface area contributed by atoms with E-state index in [4.69, 9.17) is 37.9 Å². The molecule has 9 aliphatic rings. The van der Waals surface area contributed by atoms with Crippen molar-refractivity contribution in [1.29, 1.82) is 0 Å². The number of rotatable bonds is 11. The Balaban J connectivity index is 0.881. The van der Waals surface area contributed by atoms with Gasteiger partial charge in [0.05, 0.1) is 37.4 Å². The van der Waals surface area contributed by atoms with Crippen molar-refractivity contribution in [2.75, 3.05) is 19.8 Å². The van der Waals surface area contributed by atoms with Crippen LogP contribution in [0.3, 0.4) is 0 Å². The van der Waals surface area contributed by atoms with Crippen molar-refractivity contribution in [2.24, 2.45) is 44.8 Å². The first kappa shape index (κ1) is 55.9. The molecule has 0 aromatic rings. The quantitative estimate of drug-likeness (QED) is 0.0887. The van der Waals surface area contributed by atoms with Crippen LogP contribution in [0.5, 0.6) is 0 Å². The first-order chi connectivity index (χ1) is 34.3. The lowest BCUT2D eigenvalue weighted by atomic mass is 9.34. The van der Waals surface area contributed by atoms with Crippen LogP contribution in [0, 0.1) is 44.8 Å². The first-order valence-corrected chi connectivity index (χ1v) is 26.4. The van der Waals surface area contributed by atoms with Crippen LogP contribution in [0.25, 0.3) is 0 Å². The van der Waals surface area contributed by atoms with E-state index in [1.807, 2.05) is 0 Å². The fourth-order valence-corrected chi connectivity index (χ4v) is 15.7. The van der Waals surface area contributed by atoms with Crippen LogP contribution >= 0.6 is 0 Å². The van der Waals surface area contributed by atoms with Crippen molar-refractivity contribution >= 4 is 5.97 Å². The van der Waals surface area contributed by atoms with E-state index in [2.05, 4.69) is 47.3 Å². The summed E-state index contributed by atoms with van der Waals surface area (Å²) in [6.07, 6.45) is -19.8. The summed E-state index contributed by atoms with van der Waals surface area (Å²) in [7, 11) is 0. The van der Waals surface area contributed by atoms with Crippen molar-refractivity contribution in [1.82, 2.24) is 0 Å². The average molecular weight is 1040 g/mol. The van der Waals surface area contributed by atoms with E-state index in [9.17, 15) is 66.1 Å². The summed E-state index contributed by atoms with van der Waals surface area (Å²) in [5, 5.41) is 128. The molecule has 21 nitrogen and oxygen atoms in total. The van der Waals surface area contributed by atoms with Crippen molar-refractivity contribution in [3.05, 3.63) is 23.8 Å². The molecule has 0 radical (unpaired) electrons. The molecule has 27 atom stereocenters. The zero-order valence-corrected chi connectivity index (χ0v) is 42.8. The molecule has 21 heteroatoms. The van der Waals surface area contributed by atoms with Crippen LogP contribution in [0.2, 0.25) is 0 Å². The van der Waals surface area contributed by atoms with Gasteiger partial charge < -0.3 is 99.2 Å². The van der Waals surface area contributed by atoms with Crippen molar-refractivity contribution in [2.45, 2.75) is 229 Å². The van der Waals surface area contributed by atoms with Crippen LogP contribution in [-0.2, 0) is 42.7 Å². The summed E-state index contributed by atoms with van der Waals surface area (Å²) in [6, 6.07) is 0. The summed E-state index contributed by atoms with van der Waals surface area (Å²) in [5.74, 6) is -0.326. The van der Waals surface area contributed by atoms with E-state index in [1.165, 1.54) is 12.5 Å². The maximum atomic E-state index is 15.0. The molecular weight excluding hydrogens is 961 g/mol. The van der Waals surface area contributed by atoms with E-state index >= 15 is 0 Å². The Labute approximate surface area is 426 Å². The topological polar surface area (TPSA) is 334 Å². The molecule has 5 aliphatic carbocycles. The number of esters is 1. The van der Waals surface area contributed by atoms with Gasteiger partial charge in [-0.05, 0) is 105 Å². The minimum Gasteiger partial charge on any atom is -0.432 e. The van der Waals surface area contributed by atoms with E-state index in [0.29, 0.717) is 38.0 Å². The van der Waals surface area contributed by atoms with Gasteiger partial charge in [-0.15, -0.1) is 0 Å². The maximum absolute atomic E-state index is 15.0. The Morgan fingerprint density at radius 2 is 1.25 bits per heavy atom. The SMILES string of the molecule is C=C1CC[C@]2(C(=O)O[C@H]3O[C@@H](CO[C@H]4O[C@@H](CO)[C@H](O[C@@H]5O[C@@H](C)[C@H](O)[C@@H](O)[C@H]5O)[C@@H](O)[C@@H]4O)[C@H](O)[C@@H](O)[C@@H]3O)CC[C@]3(C)C(=CC[C@@H]4[C@]5(C)CC[C@@H](O[C@@H]6O[C@@H](CO)[C@H](O)[C@H]6O)C(C)(C)[C@H]5CC[C@]43C)[C@H]2C1. The molecule has 0 spiro atoms. The number of aliphatic hydroxyl groups excluding tert-OH is 12. The molecule has 416 valence electrons. The predicted molar refractivity (Wildman–Crippen MR) is 251 cm³/mol. The van der Waals surface area contributed by atoms with E-state index in [-0.39, 0.29) is 39.6 Å². The number of carbonyl (C=O) groups excluding carboxylic acids is 1. The second-order valence-corrected chi connectivity index (χ2v) is 24.4. The second kappa shape index (κ2) is 20.4. The fraction of sp³-hybridized carbons (Fsp3) is 0.904. The van der Waals surface area contributed by atoms with Crippen LogP contribution in [-0.4, -0.2) is 210 Å². The highest BCUT2D eigenvalue weighted by molar-refractivity contribution is 5.79. The van der Waals surface area contributed by atoms with Crippen molar-refractivity contribution in [3.8, 4) is 0 Å². The highest BCUT2D eigenvalue weighted by Gasteiger charge is 2.70. The lowest BCUT2D eigenvalue weighted by Crippen LogP contribution is -2.65. The number of allylic oxidation sites excluding steroid dienone is 3. The van der Waals surface area contributed by atoms with Gasteiger partial charge in [-0.25, -0.2) is 0 Å². The highest BCUT2D eigenvalue weighted by Crippen LogP contribution is 2.75. The maximum Gasteiger partial charge on any atom is 0.315 e. The lowest BCUT2D eigenvalue weighted by Gasteiger charge is -2.71. The molecule has 4 heterocycles. The zero-order valence-electron chi connectivity index (χ0n) is 42.8. The molecule has 0 unspecified atom stereocenters. The molecule has 12 N–H and O–H groups in total. The second-order valence-electron chi connectivity index (χ2n) is 24.4. The molecular formula is C52H82O21. The lowest BCUT2D eigenvalue weighted by molar-refractivity contribution is -0.361. The van der Waals surface area contributed by atoms with Gasteiger partial charge in [-0.3, -0.25) is 4.79 Å². The summed E-state index contributed by atoms with van der Waals surface area (Å²) in [5.41, 5.74) is 0.342. The Kier molecular flexibility index (Phi) is 15.7. The normalized spacial score (nSPS) is 53.8.